The van der Waals surface area contributed by atoms with Crippen molar-refractivity contribution in [1.29, 1.82) is 0 Å². The fourth-order valence-electron chi connectivity index (χ4n) is 0.691. The molecule has 0 fully saturated rings. The highest BCUT2D eigenvalue weighted by molar-refractivity contribution is 5.77. The summed E-state index contributed by atoms with van der Waals surface area (Å²) in [6.45, 7) is 0.704. The highest BCUT2D eigenvalue weighted by Gasteiger charge is 2.14. The maximum atomic E-state index is 10.9. The molecule has 1 unspecified atom stereocenters. The third-order valence-corrected chi connectivity index (χ3v) is 1.40. The molecule has 6 nitrogen and oxygen atoms in total. The lowest BCUT2D eigenvalue weighted by molar-refractivity contribution is -0.147. The maximum absolute atomic E-state index is 10.9. The lowest BCUT2D eigenvalue weighted by Crippen LogP contribution is -2.30. The van der Waals surface area contributed by atoms with E-state index in [-0.39, 0.29) is 18.7 Å². The molecule has 0 aliphatic rings. The number of nitrogens with two attached hydrogens (primary N) is 1. The molecular formula is C7H14N2O4. The van der Waals surface area contributed by atoms with E-state index in [1.165, 1.54) is 0 Å². The number of carboxylic acids is 1. The lowest BCUT2D eigenvalue weighted by atomic mass is 10.2. The van der Waals surface area contributed by atoms with Gasteiger partial charge in [-0.3, -0.25) is 4.79 Å². The monoisotopic (exact) mass is 190 g/mol. The van der Waals surface area contributed by atoms with Crippen molar-refractivity contribution in [3.8, 4) is 0 Å². The van der Waals surface area contributed by atoms with E-state index < -0.39 is 12.1 Å². The van der Waals surface area contributed by atoms with Crippen LogP contribution in [0.4, 0.5) is 0 Å². The summed E-state index contributed by atoms with van der Waals surface area (Å²) in [5, 5.41) is 19.5. The number of hydrogen-bond acceptors (Lipinski definition) is 4. The Labute approximate surface area is 75.7 Å². The first kappa shape index (κ1) is 11.9. The molecular weight excluding hydrogens is 176 g/mol. The fourth-order valence-corrected chi connectivity index (χ4v) is 0.691. The van der Waals surface area contributed by atoms with Gasteiger partial charge in [-0.1, -0.05) is 0 Å². The van der Waals surface area contributed by atoms with Gasteiger partial charge >= 0.3 is 5.97 Å². The summed E-state index contributed by atoms with van der Waals surface area (Å²) in [6, 6.07) is 0. The molecule has 0 saturated carbocycles. The summed E-state index contributed by atoms with van der Waals surface area (Å²) in [4.78, 5) is 21.0. The summed E-state index contributed by atoms with van der Waals surface area (Å²) in [5.41, 5.74) is 5.12. The van der Waals surface area contributed by atoms with E-state index in [1.807, 2.05) is 0 Å². The van der Waals surface area contributed by atoms with Crippen LogP contribution in [0.2, 0.25) is 0 Å². The highest BCUT2D eigenvalue weighted by atomic mass is 16.4. The van der Waals surface area contributed by atoms with Crippen molar-refractivity contribution in [3.05, 3.63) is 0 Å². The van der Waals surface area contributed by atoms with Gasteiger partial charge in [-0.2, -0.15) is 0 Å². The molecule has 0 radical (unpaired) electrons. The van der Waals surface area contributed by atoms with Crippen LogP contribution in [-0.4, -0.2) is 41.3 Å². The van der Waals surface area contributed by atoms with Gasteiger partial charge in [0.2, 0.25) is 5.91 Å². The number of nitrogens with one attached hydrogen (secondary N) is 1. The third kappa shape index (κ3) is 6.06. The van der Waals surface area contributed by atoms with E-state index in [1.54, 1.807) is 0 Å². The normalized spacial score (nSPS) is 12.2. The van der Waals surface area contributed by atoms with Crippen molar-refractivity contribution in [3.63, 3.8) is 0 Å². The van der Waals surface area contributed by atoms with Crippen LogP contribution in [-0.2, 0) is 9.59 Å². The Kier molecular flexibility index (Phi) is 5.82. The van der Waals surface area contributed by atoms with Crippen molar-refractivity contribution in [1.82, 2.24) is 5.32 Å². The highest BCUT2D eigenvalue weighted by Crippen LogP contribution is 1.96. The van der Waals surface area contributed by atoms with Gasteiger partial charge in [-0.05, 0) is 6.42 Å². The molecule has 76 valence electrons. The smallest absolute Gasteiger partial charge is 0.332 e. The Morgan fingerprint density at radius 1 is 1.46 bits per heavy atom. The minimum Gasteiger partial charge on any atom is -0.479 e. The van der Waals surface area contributed by atoms with E-state index in [0.29, 0.717) is 13.1 Å². The average molecular weight is 190 g/mol. The molecule has 13 heavy (non-hydrogen) atoms. The Morgan fingerprint density at radius 3 is 2.54 bits per heavy atom. The van der Waals surface area contributed by atoms with E-state index in [0.717, 1.165) is 0 Å². The van der Waals surface area contributed by atoms with Crippen molar-refractivity contribution < 1.29 is 19.8 Å². The van der Waals surface area contributed by atoms with E-state index in [4.69, 9.17) is 15.9 Å². The Balaban J connectivity index is 3.52. The first-order chi connectivity index (χ1) is 6.07. The summed E-state index contributed by atoms with van der Waals surface area (Å²) in [6.07, 6.45) is -1.55. The number of aliphatic hydroxyl groups excluding tert-OH is 1. The first-order valence-electron chi connectivity index (χ1n) is 3.95. The Bertz CT molecular complexity index is 183. The molecule has 0 aromatic heterocycles. The second-order valence-electron chi connectivity index (χ2n) is 2.53. The van der Waals surface area contributed by atoms with Crippen LogP contribution in [0.25, 0.3) is 0 Å². The van der Waals surface area contributed by atoms with Gasteiger partial charge in [0.25, 0.3) is 0 Å². The molecule has 0 rings (SSSR count). The second-order valence-corrected chi connectivity index (χ2v) is 2.53. The number of carbonyl (C=O) groups excluding carboxylic acids is 1. The van der Waals surface area contributed by atoms with Crippen molar-refractivity contribution in [2.45, 2.75) is 18.9 Å². The van der Waals surface area contributed by atoms with Gasteiger partial charge in [0.15, 0.2) is 6.10 Å². The van der Waals surface area contributed by atoms with Gasteiger partial charge in [0.1, 0.15) is 0 Å². The van der Waals surface area contributed by atoms with Gasteiger partial charge < -0.3 is 21.3 Å². The van der Waals surface area contributed by atoms with Crippen molar-refractivity contribution >= 4 is 11.9 Å². The van der Waals surface area contributed by atoms with Gasteiger partial charge in [0.05, 0.1) is 0 Å². The average Bonchev–Trinajstić information content (AvgIpc) is 2.10. The molecule has 0 heterocycles. The molecule has 0 bridgehead atoms. The number of hydrogen-bond donors (Lipinski definition) is 4. The zero-order chi connectivity index (χ0) is 10.3. The predicted molar refractivity (Wildman–Crippen MR) is 44.9 cm³/mol. The van der Waals surface area contributed by atoms with Crippen LogP contribution < -0.4 is 11.1 Å². The second kappa shape index (κ2) is 6.38. The van der Waals surface area contributed by atoms with Gasteiger partial charge in [-0.15, -0.1) is 0 Å². The Morgan fingerprint density at radius 2 is 2.08 bits per heavy atom. The molecule has 0 aromatic carbocycles. The summed E-state index contributed by atoms with van der Waals surface area (Å²) in [7, 11) is 0. The standard InChI is InChI=1S/C7H14N2O4/c8-3-4-9-6(11)2-1-5(10)7(12)13/h5,10H,1-4,8H2,(H,9,11)(H,12,13). The van der Waals surface area contributed by atoms with Crippen molar-refractivity contribution in [2.75, 3.05) is 13.1 Å². The summed E-state index contributed by atoms with van der Waals surface area (Å²) >= 11 is 0. The summed E-state index contributed by atoms with van der Waals surface area (Å²) in [5.74, 6) is -1.61. The zero-order valence-electron chi connectivity index (χ0n) is 7.19. The predicted octanol–water partition coefficient (Wildman–Crippen LogP) is -1.71. The van der Waals surface area contributed by atoms with Crippen LogP contribution >= 0.6 is 0 Å². The molecule has 5 N–H and O–H groups in total. The van der Waals surface area contributed by atoms with E-state index >= 15 is 0 Å². The van der Waals surface area contributed by atoms with Crippen LogP contribution in [0.15, 0.2) is 0 Å². The molecule has 1 atom stereocenters. The topological polar surface area (TPSA) is 113 Å². The molecule has 6 heteroatoms. The molecule has 1 amide bonds. The fraction of sp³-hybridized carbons (Fsp3) is 0.714. The molecule has 0 saturated heterocycles. The van der Waals surface area contributed by atoms with E-state index in [2.05, 4.69) is 5.32 Å². The number of aliphatic carboxylic acids is 1. The zero-order valence-corrected chi connectivity index (χ0v) is 7.19. The lowest BCUT2D eigenvalue weighted by Gasteiger charge is -2.05. The van der Waals surface area contributed by atoms with Gasteiger partial charge in [-0.25, -0.2) is 4.79 Å². The SMILES string of the molecule is NCCNC(=O)CCC(O)C(=O)O. The third-order valence-electron chi connectivity index (χ3n) is 1.40. The van der Waals surface area contributed by atoms with E-state index in [9.17, 15) is 9.59 Å². The number of aliphatic hydroxyl groups is 1. The molecule has 0 spiro atoms. The van der Waals surface area contributed by atoms with Gasteiger partial charge in [0, 0.05) is 19.5 Å². The Hall–Kier alpha value is -1.14. The number of amides is 1. The van der Waals surface area contributed by atoms with Crippen LogP contribution in [0.3, 0.4) is 0 Å². The summed E-state index contributed by atoms with van der Waals surface area (Å²) < 4.78 is 0. The minimum atomic E-state index is -1.47. The maximum Gasteiger partial charge on any atom is 0.332 e. The van der Waals surface area contributed by atoms with Crippen LogP contribution in [0.1, 0.15) is 12.8 Å². The number of carboxylic acid groups (broad SMARTS) is 1. The minimum absolute atomic E-state index is 0.00648. The number of rotatable bonds is 6. The first-order valence-corrected chi connectivity index (χ1v) is 3.95. The molecule has 0 aliphatic heterocycles. The largest absolute Gasteiger partial charge is 0.479 e. The van der Waals surface area contributed by atoms with Crippen LogP contribution in [0, 0.1) is 0 Å². The molecule has 0 aliphatic carbocycles. The molecule has 0 aromatic rings. The van der Waals surface area contributed by atoms with Crippen LogP contribution in [0.5, 0.6) is 0 Å². The van der Waals surface area contributed by atoms with Crippen molar-refractivity contribution in [2.24, 2.45) is 5.73 Å². The number of carbonyl (C=O) groups is 2. The quantitative estimate of drug-likeness (QED) is 0.398.